The van der Waals surface area contributed by atoms with E-state index in [9.17, 15) is 19.5 Å². The third-order valence-electron chi connectivity index (χ3n) is 4.52. The van der Waals surface area contributed by atoms with Crippen LogP contribution in [0.4, 0.5) is 5.69 Å². The van der Waals surface area contributed by atoms with Gasteiger partial charge in [0.05, 0.1) is 5.92 Å². The molecule has 2 aliphatic heterocycles. The largest absolute Gasteiger partial charge is 0.480 e. The summed E-state index contributed by atoms with van der Waals surface area (Å²) >= 11 is 0. The Morgan fingerprint density at radius 1 is 1.25 bits per heavy atom. The smallest absolute Gasteiger partial charge is 0.323 e. The van der Waals surface area contributed by atoms with E-state index in [2.05, 4.69) is 5.32 Å². The molecule has 0 spiro atoms. The summed E-state index contributed by atoms with van der Waals surface area (Å²) in [6.45, 7) is 0.662. The Labute approximate surface area is 139 Å². The van der Waals surface area contributed by atoms with Crippen LogP contribution in [-0.2, 0) is 19.1 Å². The molecule has 128 valence electrons. The first-order valence-electron chi connectivity index (χ1n) is 8.05. The van der Waals surface area contributed by atoms with Crippen molar-refractivity contribution in [3.63, 3.8) is 0 Å². The Kier molecular flexibility index (Phi) is 4.80. The van der Waals surface area contributed by atoms with E-state index in [-0.39, 0.29) is 30.8 Å². The molecule has 2 heterocycles. The van der Waals surface area contributed by atoms with E-state index in [4.69, 9.17) is 4.74 Å². The van der Waals surface area contributed by atoms with Gasteiger partial charge in [0, 0.05) is 31.4 Å². The molecule has 1 aromatic carbocycles. The van der Waals surface area contributed by atoms with E-state index >= 15 is 0 Å². The second kappa shape index (κ2) is 7.00. The van der Waals surface area contributed by atoms with Crippen molar-refractivity contribution in [3.05, 3.63) is 29.8 Å². The average Bonchev–Trinajstić information content (AvgIpc) is 2.59. The van der Waals surface area contributed by atoms with Gasteiger partial charge in [0.25, 0.3) is 0 Å². The predicted octanol–water partition coefficient (Wildman–Crippen LogP) is 1.20. The van der Waals surface area contributed by atoms with E-state index in [0.29, 0.717) is 31.7 Å². The number of hydrogen-bond acceptors (Lipinski definition) is 4. The number of carbonyl (C=O) groups excluding carboxylic acids is 2. The highest BCUT2D eigenvalue weighted by Gasteiger charge is 2.37. The highest BCUT2D eigenvalue weighted by Crippen LogP contribution is 2.34. The van der Waals surface area contributed by atoms with Gasteiger partial charge in [0.15, 0.2) is 0 Å². The van der Waals surface area contributed by atoms with Gasteiger partial charge in [-0.15, -0.1) is 0 Å². The number of rotatable bonds is 4. The summed E-state index contributed by atoms with van der Waals surface area (Å²) in [4.78, 5) is 37.7. The second-order valence-electron chi connectivity index (χ2n) is 6.10. The highest BCUT2D eigenvalue weighted by molar-refractivity contribution is 6.01. The summed E-state index contributed by atoms with van der Waals surface area (Å²) in [6.07, 6.45) is 1.26. The summed E-state index contributed by atoms with van der Waals surface area (Å²) in [5, 5.41) is 12.0. The summed E-state index contributed by atoms with van der Waals surface area (Å²) in [6, 6.07) is 6.99. The van der Waals surface area contributed by atoms with E-state index in [1.54, 1.807) is 18.2 Å². The standard InChI is InChI=1S/C17H20N2O5/c20-15-9-13(12-3-1-2-4-14(12)18-15)17(23)19(10-16(21)22)11-5-7-24-8-6-11/h1-4,11,13H,5-10H2,(H,18,20)(H,21,22)/t13-/m1/s1. The molecule has 3 rings (SSSR count). The third kappa shape index (κ3) is 3.41. The van der Waals surface area contributed by atoms with Crippen LogP contribution in [0.15, 0.2) is 24.3 Å². The minimum absolute atomic E-state index is 0.0369. The molecular weight excluding hydrogens is 312 g/mol. The summed E-state index contributed by atoms with van der Waals surface area (Å²) < 4.78 is 5.30. The topological polar surface area (TPSA) is 95.9 Å². The molecule has 1 fully saturated rings. The number of aliphatic carboxylic acids is 1. The summed E-state index contributed by atoms with van der Waals surface area (Å²) in [7, 11) is 0. The fourth-order valence-electron chi connectivity index (χ4n) is 3.36. The third-order valence-corrected chi connectivity index (χ3v) is 4.52. The molecular formula is C17H20N2O5. The maximum atomic E-state index is 13.1. The van der Waals surface area contributed by atoms with Gasteiger partial charge >= 0.3 is 5.97 Å². The van der Waals surface area contributed by atoms with Crippen LogP contribution in [0, 0.1) is 0 Å². The van der Waals surface area contributed by atoms with Crippen LogP contribution in [0.2, 0.25) is 0 Å². The molecule has 7 nitrogen and oxygen atoms in total. The molecule has 0 radical (unpaired) electrons. The van der Waals surface area contributed by atoms with Crippen LogP contribution in [0.25, 0.3) is 0 Å². The van der Waals surface area contributed by atoms with Gasteiger partial charge in [-0.2, -0.15) is 0 Å². The summed E-state index contributed by atoms with van der Waals surface area (Å²) in [5.41, 5.74) is 1.36. The van der Waals surface area contributed by atoms with Gasteiger partial charge in [-0.25, -0.2) is 0 Å². The molecule has 0 aliphatic carbocycles. The molecule has 2 aliphatic rings. The maximum Gasteiger partial charge on any atom is 0.323 e. The van der Waals surface area contributed by atoms with Crippen molar-refractivity contribution in [2.45, 2.75) is 31.2 Å². The minimum Gasteiger partial charge on any atom is -0.480 e. The quantitative estimate of drug-likeness (QED) is 0.864. The van der Waals surface area contributed by atoms with Crippen molar-refractivity contribution in [1.29, 1.82) is 0 Å². The van der Waals surface area contributed by atoms with Crippen molar-refractivity contribution in [3.8, 4) is 0 Å². The first kappa shape index (κ1) is 16.4. The monoisotopic (exact) mass is 332 g/mol. The molecule has 7 heteroatoms. The number of nitrogens with one attached hydrogen (secondary N) is 1. The van der Waals surface area contributed by atoms with Crippen LogP contribution >= 0.6 is 0 Å². The van der Waals surface area contributed by atoms with Gasteiger partial charge in [-0.1, -0.05) is 18.2 Å². The molecule has 0 bridgehead atoms. The molecule has 0 aromatic heterocycles. The van der Waals surface area contributed by atoms with Gasteiger partial charge in [-0.3, -0.25) is 14.4 Å². The number of nitrogens with zero attached hydrogens (tertiary/aromatic N) is 1. The highest BCUT2D eigenvalue weighted by atomic mass is 16.5. The zero-order valence-electron chi connectivity index (χ0n) is 13.2. The first-order valence-corrected chi connectivity index (χ1v) is 8.05. The van der Waals surface area contributed by atoms with Crippen LogP contribution in [0.1, 0.15) is 30.7 Å². The molecule has 1 atom stereocenters. The predicted molar refractivity (Wildman–Crippen MR) is 85.6 cm³/mol. The number of anilines is 1. The zero-order chi connectivity index (χ0) is 17.1. The van der Waals surface area contributed by atoms with Crippen molar-refractivity contribution in [2.24, 2.45) is 0 Å². The number of carbonyl (C=O) groups is 3. The van der Waals surface area contributed by atoms with Crippen molar-refractivity contribution >= 4 is 23.5 Å². The lowest BCUT2D eigenvalue weighted by molar-refractivity contribution is -0.149. The van der Waals surface area contributed by atoms with Gasteiger partial charge < -0.3 is 20.1 Å². The first-order chi connectivity index (χ1) is 11.6. The maximum absolute atomic E-state index is 13.1. The molecule has 2 N–H and O–H groups in total. The van der Waals surface area contributed by atoms with Gasteiger partial charge in [-0.05, 0) is 24.5 Å². The lowest BCUT2D eigenvalue weighted by Gasteiger charge is -2.36. The normalized spacial score (nSPS) is 20.8. The van der Waals surface area contributed by atoms with Crippen molar-refractivity contribution in [2.75, 3.05) is 25.1 Å². The second-order valence-corrected chi connectivity index (χ2v) is 6.10. The van der Waals surface area contributed by atoms with Crippen LogP contribution in [0.3, 0.4) is 0 Å². The number of fused-ring (bicyclic) bond motifs is 1. The summed E-state index contributed by atoms with van der Waals surface area (Å²) in [5.74, 6) is -2.22. The Balaban J connectivity index is 1.89. The molecule has 1 saturated heterocycles. The fourth-order valence-corrected chi connectivity index (χ4v) is 3.36. The SMILES string of the molecule is O=C(O)CN(C(=O)[C@@H]1CC(=O)Nc2ccccc21)C1CCOCC1. The molecule has 0 saturated carbocycles. The zero-order valence-corrected chi connectivity index (χ0v) is 13.2. The lowest BCUT2D eigenvalue weighted by atomic mass is 9.88. The number of carboxylic acid groups (broad SMARTS) is 1. The Morgan fingerprint density at radius 3 is 2.67 bits per heavy atom. The number of ether oxygens (including phenoxy) is 1. The van der Waals surface area contributed by atoms with Crippen molar-refractivity contribution in [1.82, 2.24) is 4.90 Å². The van der Waals surface area contributed by atoms with E-state index < -0.39 is 11.9 Å². The van der Waals surface area contributed by atoms with Crippen LogP contribution in [0.5, 0.6) is 0 Å². The number of para-hydroxylation sites is 1. The van der Waals surface area contributed by atoms with E-state index in [1.165, 1.54) is 4.90 Å². The average molecular weight is 332 g/mol. The van der Waals surface area contributed by atoms with Crippen LogP contribution in [-0.4, -0.2) is 53.6 Å². The Morgan fingerprint density at radius 2 is 1.96 bits per heavy atom. The minimum atomic E-state index is -1.05. The fraction of sp³-hybridized carbons (Fsp3) is 0.471. The number of hydrogen-bond donors (Lipinski definition) is 2. The van der Waals surface area contributed by atoms with Gasteiger partial charge in [0.2, 0.25) is 11.8 Å². The van der Waals surface area contributed by atoms with Gasteiger partial charge in [0.1, 0.15) is 6.54 Å². The number of benzene rings is 1. The van der Waals surface area contributed by atoms with E-state index in [0.717, 1.165) is 5.56 Å². The van der Waals surface area contributed by atoms with E-state index in [1.807, 2.05) is 6.07 Å². The lowest BCUT2D eigenvalue weighted by Crippen LogP contribution is -2.48. The number of amides is 2. The van der Waals surface area contributed by atoms with Crippen molar-refractivity contribution < 1.29 is 24.2 Å². The Bertz CT molecular complexity index is 654. The van der Waals surface area contributed by atoms with Crippen LogP contribution < -0.4 is 5.32 Å². The Hall–Kier alpha value is -2.41. The number of carboxylic acids is 1. The molecule has 24 heavy (non-hydrogen) atoms. The molecule has 0 unspecified atom stereocenters. The molecule has 2 amide bonds. The molecule has 1 aromatic rings.